The average Bonchev–Trinajstić information content (AvgIpc) is 2.76. The maximum absolute atomic E-state index is 12.5. The molecule has 1 saturated heterocycles. The van der Waals surface area contributed by atoms with Crippen LogP contribution in [0.1, 0.15) is 0 Å². The van der Waals surface area contributed by atoms with Gasteiger partial charge in [0.25, 0.3) is 0 Å². The van der Waals surface area contributed by atoms with E-state index in [1.165, 1.54) is 0 Å². The summed E-state index contributed by atoms with van der Waals surface area (Å²) < 4.78 is 0. The summed E-state index contributed by atoms with van der Waals surface area (Å²) in [6.07, 6.45) is 0. The van der Waals surface area contributed by atoms with Crippen LogP contribution in [-0.4, -0.2) is 47.3 Å². The van der Waals surface area contributed by atoms with E-state index in [0.29, 0.717) is 52.6 Å². The molecule has 9 heteroatoms. The minimum absolute atomic E-state index is 0.129. The maximum atomic E-state index is 12.5. The molecule has 0 spiro atoms. The highest BCUT2D eigenvalue weighted by Gasteiger charge is 2.22. The number of aromatic nitrogens is 2. The van der Waals surface area contributed by atoms with E-state index in [2.05, 4.69) is 20.4 Å². The van der Waals surface area contributed by atoms with Gasteiger partial charge in [0.2, 0.25) is 0 Å². The summed E-state index contributed by atoms with van der Waals surface area (Å²) in [4.78, 5) is 16.3. The summed E-state index contributed by atoms with van der Waals surface area (Å²) >= 11 is 18.1. The summed E-state index contributed by atoms with van der Waals surface area (Å²) in [7, 11) is 0. The van der Waals surface area contributed by atoms with Crippen molar-refractivity contribution in [1.82, 2.24) is 15.1 Å². The topological polar surface area (TPSA) is 61.4 Å². The monoisotopic (exact) mass is 461 g/mol. The molecule has 0 bridgehead atoms. The van der Waals surface area contributed by atoms with Crippen LogP contribution in [0.15, 0.2) is 54.6 Å². The molecule has 1 N–H and O–H groups in total. The van der Waals surface area contributed by atoms with Gasteiger partial charge in [-0.1, -0.05) is 34.8 Å². The molecule has 0 atom stereocenters. The molecule has 4 rings (SSSR count). The van der Waals surface area contributed by atoms with Gasteiger partial charge >= 0.3 is 6.03 Å². The second kappa shape index (κ2) is 9.08. The Morgan fingerprint density at radius 3 is 2.17 bits per heavy atom. The molecule has 2 aromatic carbocycles. The third kappa shape index (κ3) is 4.78. The van der Waals surface area contributed by atoms with Crippen LogP contribution in [0, 0.1) is 0 Å². The minimum atomic E-state index is -0.129. The predicted octanol–water partition coefficient (Wildman–Crippen LogP) is 5.46. The number of amides is 2. The molecule has 1 aliphatic rings. The van der Waals surface area contributed by atoms with E-state index < -0.39 is 0 Å². The van der Waals surface area contributed by atoms with Crippen LogP contribution in [-0.2, 0) is 0 Å². The van der Waals surface area contributed by atoms with Crippen LogP contribution < -0.4 is 10.2 Å². The molecule has 1 aromatic heterocycles. The highest BCUT2D eigenvalue weighted by molar-refractivity contribution is 6.36. The van der Waals surface area contributed by atoms with E-state index in [-0.39, 0.29) is 6.03 Å². The molecule has 2 amide bonds. The summed E-state index contributed by atoms with van der Waals surface area (Å²) in [5.41, 5.74) is 2.18. The Bertz CT molecular complexity index is 1040. The van der Waals surface area contributed by atoms with Crippen LogP contribution in [0.5, 0.6) is 0 Å². The standard InChI is InChI=1S/C21H18Cl3N5O/c22-14-1-4-16(5-2-14)25-21(30)29-11-9-28(10-12-29)20-8-7-19(26-27-20)17-6-3-15(23)13-18(17)24/h1-8,13H,9-12H2,(H,25,30). The van der Waals surface area contributed by atoms with Gasteiger partial charge in [-0.25, -0.2) is 4.79 Å². The number of nitrogens with zero attached hydrogens (tertiary/aromatic N) is 4. The van der Waals surface area contributed by atoms with Gasteiger partial charge in [0.15, 0.2) is 5.82 Å². The Labute approximate surface area is 189 Å². The first-order valence-electron chi connectivity index (χ1n) is 9.35. The van der Waals surface area contributed by atoms with Crippen molar-refractivity contribution in [2.75, 3.05) is 36.4 Å². The van der Waals surface area contributed by atoms with Gasteiger partial charge in [-0.3, -0.25) is 0 Å². The molecule has 0 saturated carbocycles. The molecule has 154 valence electrons. The molecule has 1 fully saturated rings. The number of urea groups is 1. The van der Waals surface area contributed by atoms with Crippen molar-refractivity contribution in [1.29, 1.82) is 0 Å². The number of halogens is 3. The van der Waals surface area contributed by atoms with Gasteiger partial charge < -0.3 is 15.1 Å². The largest absolute Gasteiger partial charge is 0.352 e. The van der Waals surface area contributed by atoms with Crippen molar-refractivity contribution >= 4 is 52.3 Å². The molecular formula is C21H18Cl3N5O. The lowest BCUT2D eigenvalue weighted by molar-refractivity contribution is 0.208. The van der Waals surface area contributed by atoms with E-state index in [9.17, 15) is 4.79 Å². The van der Waals surface area contributed by atoms with Gasteiger partial charge in [-0.15, -0.1) is 10.2 Å². The number of nitrogens with one attached hydrogen (secondary N) is 1. The van der Waals surface area contributed by atoms with E-state index >= 15 is 0 Å². The highest BCUT2D eigenvalue weighted by atomic mass is 35.5. The lowest BCUT2D eigenvalue weighted by Crippen LogP contribution is -2.50. The zero-order chi connectivity index (χ0) is 21.1. The van der Waals surface area contributed by atoms with Crippen molar-refractivity contribution < 1.29 is 4.79 Å². The Hall–Kier alpha value is -2.54. The van der Waals surface area contributed by atoms with Crippen LogP contribution in [0.4, 0.5) is 16.3 Å². The molecular weight excluding hydrogens is 445 g/mol. The number of rotatable bonds is 3. The van der Waals surface area contributed by atoms with Crippen molar-refractivity contribution in [3.63, 3.8) is 0 Å². The van der Waals surface area contributed by atoms with E-state index in [1.807, 2.05) is 18.2 Å². The third-order valence-electron chi connectivity index (χ3n) is 4.84. The van der Waals surface area contributed by atoms with Crippen molar-refractivity contribution in [3.8, 4) is 11.3 Å². The van der Waals surface area contributed by atoms with Crippen molar-refractivity contribution in [2.45, 2.75) is 0 Å². The first kappa shape index (κ1) is 20.7. The lowest BCUT2D eigenvalue weighted by Gasteiger charge is -2.35. The molecule has 2 heterocycles. The smallest absolute Gasteiger partial charge is 0.321 e. The SMILES string of the molecule is O=C(Nc1ccc(Cl)cc1)N1CCN(c2ccc(-c3ccc(Cl)cc3Cl)nn2)CC1. The Kier molecular flexibility index (Phi) is 6.27. The lowest BCUT2D eigenvalue weighted by atomic mass is 10.1. The van der Waals surface area contributed by atoms with Gasteiger partial charge in [-0.2, -0.15) is 0 Å². The van der Waals surface area contributed by atoms with Crippen LogP contribution >= 0.6 is 34.8 Å². The molecule has 3 aromatic rings. The number of piperazine rings is 1. The number of carbonyl (C=O) groups excluding carboxylic acids is 1. The maximum Gasteiger partial charge on any atom is 0.321 e. The molecule has 0 radical (unpaired) electrons. The van der Waals surface area contributed by atoms with E-state index in [0.717, 1.165) is 11.4 Å². The summed E-state index contributed by atoms with van der Waals surface area (Å²) in [5.74, 6) is 0.765. The molecule has 0 aliphatic carbocycles. The number of hydrogen-bond acceptors (Lipinski definition) is 4. The first-order chi connectivity index (χ1) is 14.5. The van der Waals surface area contributed by atoms with E-state index in [4.69, 9.17) is 34.8 Å². The fourth-order valence-electron chi connectivity index (χ4n) is 3.21. The Morgan fingerprint density at radius 1 is 0.833 bits per heavy atom. The summed E-state index contributed by atoms with van der Waals surface area (Å²) in [5, 5.41) is 13.3. The van der Waals surface area contributed by atoms with Crippen molar-refractivity contribution in [2.24, 2.45) is 0 Å². The van der Waals surface area contributed by atoms with Crippen LogP contribution in [0.3, 0.4) is 0 Å². The van der Waals surface area contributed by atoms with E-state index in [1.54, 1.807) is 41.3 Å². The molecule has 1 aliphatic heterocycles. The quantitative estimate of drug-likeness (QED) is 0.561. The summed E-state index contributed by atoms with van der Waals surface area (Å²) in [6, 6.07) is 16.0. The fraction of sp³-hybridized carbons (Fsp3) is 0.190. The number of benzene rings is 2. The van der Waals surface area contributed by atoms with Crippen molar-refractivity contribution in [3.05, 3.63) is 69.7 Å². The molecule has 30 heavy (non-hydrogen) atoms. The third-order valence-corrected chi connectivity index (χ3v) is 5.64. The Balaban J connectivity index is 1.35. The van der Waals surface area contributed by atoms with Gasteiger partial charge in [0.1, 0.15) is 0 Å². The number of hydrogen-bond donors (Lipinski definition) is 1. The average molecular weight is 463 g/mol. The molecule has 6 nitrogen and oxygen atoms in total. The fourth-order valence-corrected chi connectivity index (χ4v) is 3.84. The zero-order valence-electron chi connectivity index (χ0n) is 15.9. The highest BCUT2D eigenvalue weighted by Crippen LogP contribution is 2.29. The normalized spacial score (nSPS) is 14.0. The second-order valence-electron chi connectivity index (χ2n) is 6.81. The zero-order valence-corrected chi connectivity index (χ0v) is 18.1. The second-order valence-corrected chi connectivity index (χ2v) is 8.09. The predicted molar refractivity (Wildman–Crippen MR) is 122 cm³/mol. The first-order valence-corrected chi connectivity index (χ1v) is 10.5. The van der Waals surface area contributed by atoms with Gasteiger partial charge in [0.05, 0.1) is 10.7 Å². The summed E-state index contributed by atoms with van der Waals surface area (Å²) in [6.45, 7) is 2.52. The minimum Gasteiger partial charge on any atom is -0.352 e. The van der Waals surface area contributed by atoms with Gasteiger partial charge in [0, 0.05) is 47.5 Å². The molecule has 0 unspecified atom stereocenters. The number of carbonyl (C=O) groups is 1. The van der Waals surface area contributed by atoms with Gasteiger partial charge in [-0.05, 0) is 54.6 Å². The van der Waals surface area contributed by atoms with Crippen LogP contribution in [0.25, 0.3) is 11.3 Å². The Morgan fingerprint density at radius 2 is 1.53 bits per heavy atom. The number of anilines is 2. The van der Waals surface area contributed by atoms with Crippen LogP contribution in [0.2, 0.25) is 15.1 Å².